The summed E-state index contributed by atoms with van der Waals surface area (Å²) < 4.78 is 7.29. The molecule has 154 valence electrons. The Labute approximate surface area is 174 Å². The number of anilines is 1. The lowest BCUT2D eigenvalue weighted by Crippen LogP contribution is -3.12. The van der Waals surface area contributed by atoms with Gasteiger partial charge in [0.2, 0.25) is 17.7 Å². The SMILES string of the molecule is O=C(Nc1ccccc1)C1CC[NH+](Cn2nc(CN3CCCC3=O)oc2=S)CC1. The van der Waals surface area contributed by atoms with E-state index in [-0.39, 0.29) is 17.7 Å². The van der Waals surface area contributed by atoms with E-state index in [1.54, 1.807) is 9.58 Å². The van der Waals surface area contributed by atoms with Gasteiger partial charge < -0.3 is 19.5 Å². The van der Waals surface area contributed by atoms with Gasteiger partial charge in [-0.25, -0.2) is 0 Å². The topological polar surface area (TPSA) is 84.8 Å². The maximum Gasteiger partial charge on any atom is 0.291 e. The number of hydrogen-bond donors (Lipinski definition) is 2. The molecule has 0 bridgehead atoms. The number of quaternary nitrogens is 1. The highest BCUT2D eigenvalue weighted by atomic mass is 32.1. The number of piperidine rings is 1. The summed E-state index contributed by atoms with van der Waals surface area (Å²) in [7, 11) is 0. The Morgan fingerprint density at radius 2 is 2.03 bits per heavy atom. The highest BCUT2D eigenvalue weighted by Gasteiger charge is 2.28. The number of benzene rings is 1. The van der Waals surface area contributed by atoms with Gasteiger partial charge in [-0.05, 0) is 30.8 Å². The van der Waals surface area contributed by atoms with Gasteiger partial charge in [0.05, 0.1) is 19.6 Å². The van der Waals surface area contributed by atoms with E-state index in [2.05, 4.69) is 10.4 Å². The average molecular weight is 417 g/mol. The van der Waals surface area contributed by atoms with Crippen LogP contribution in [0.15, 0.2) is 34.7 Å². The molecule has 0 spiro atoms. The second kappa shape index (κ2) is 8.87. The van der Waals surface area contributed by atoms with Crippen LogP contribution in [0.5, 0.6) is 0 Å². The minimum absolute atomic E-state index is 0.0287. The first-order chi connectivity index (χ1) is 14.1. The summed E-state index contributed by atoms with van der Waals surface area (Å²) in [5.41, 5.74) is 0.838. The molecule has 0 atom stereocenters. The Morgan fingerprint density at radius 1 is 1.28 bits per heavy atom. The fourth-order valence-corrected chi connectivity index (χ4v) is 4.17. The monoisotopic (exact) mass is 416 g/mol. The van der Waals surface area contributed by atoms with E-state index in [1.165, 1.54) is 4.90 Å². The Hall–Kier alpha value is -2.52. The molecule has 1 aromatic carbocycles. The second-order valence-electron chi connectivity index (χ2n) is 7.72. The van der Waals surface area contributed by atoms with Gasteiger partial charge in [0, 0.05) is 37.4 Å². The number of amides is 2. The molecule has 0 unspecified atom stereocenters. The van der Waals surface area contributed by atoms with E-state index in [9.17, 15) is 9.59 Å². The van der Waals surface area contributed by atoms with Crippen molar-refractivity contribution in [3.8, 4) is 0 Å². The minimum Gasteiger partial charge on any atom is -0.412 e. The van der Waals surface area contributed by atoms with Crippen LogP contribution in [0.4, 0.5) is 5.69 Å². The number of carbonyl (C=O) groups excluding carboxylic acids is 2. The Morgan fingerprint density at radius 3 is 2.72 bits per heavy atom. The van der Waals surface area contributed by atoms with Crippen molar-refractivity contribution in [3.05, 3.63) is 41.1 Å². The highest BCUT2D eigenvalue weighted by molar-refractivity contribution is 7.71. The third-order valence-electron chi connectivity index (χ3n) is 5.62. The predicted octanol–water partition coefficient (Wildman–Crippen LogP) is 1.22. The smallest absolute Gasteiger partial charge is 0.291 e. The fourth-order valence-electron chi connectivity index (χ4n) is 3.97. The maximum atomic E-state index is 12.5. The van der Waals surface area contributed by atoms with E-state index < -0.39 is 0 Å². The summed E-state index contributed by atoms with van der Waals surface area (Å²) in [6.07, 6.45) is 3.14. The van der Waals surface area contributed by atoms with Crippen LogP contribution in [0.1, 0.15) is 31.6 Å². The summed E-state index contributed by atoms with van der Waals surface area (Å²) in [6.45, 7) is 3.50. The summed E-state index contributed by atoms with van der Waals surface area (Å²) >= 11 is 5.30. The van der Waals surface area contributed by atoms with Crippen LogP contribution >= 0.6 is 12.2 Å². The zero-order valence-corrected chi connectivity index (χ0v) is 17.1. The van der Waals surface area contributed by atoms with E-state index >= 15 is 0 Å². The lowest BCUT2D eigenvalue weighted by Gasteiger charge is -2.28. The van der Waals surface area contributed by atoms with Gasteiger partial charge in [-0.3, -0.25) is 9.59 Å². The molecule has 1 aromatic heterocycles. The van der Waals surface area contributed by atoms with Crippen LogP contribution in [0, 0.1) is 10.8 Å². The molecule has 3 heterocycles. The highest BCUT2D eigenvalue weighted by Crippen LogP contribution is 2.15. The lowest BCUT2D eigenvalue weighted by atomic mass is 9.96. The number of para-hydroxylation sites is 1. The van der Waals surface area contributed by atoms with E-state index in [1.807, 2.05) is 30.3 Å². The van der Waals surface area contributed by atoms with Gasteiger partial charge in [0.15, 0.2) is 6.67 Å². The van der Waals surface area contributed by atoms with Gasteiger partial charge in [0.25, 0.3) is 4.84 Å². The molecule has 2 aromatic rings. The molecule has 2 amide bonds. The van der Waals surface area contributed by atoms with Crippen molar-refractivity contribution < 1.29 is 18.9 Å². The van der Waals surface area contributed by atoms with Gasteiger partial charge in [-0.2, -0.15) is 4.68 Å². The number of rotatable bonds is 6. The first-order valence-electron chi connectivity index (χ1n) is 10.1. The lowest BCUT2D eigenvalue weighted by molar-refractivity contribution is -0.929. The number of carbonyl (C=O) groups is 2. The molecular weight excluding hydrogens is 390 g/mol. The summed E-state index contributed by atoms with van der Waals surface area (Å²) in [5.74, 6) is 0.746. The molecule has 9 heteroatoms. The van der Waals surface area contributed by atoms with Crippen molar-refractivity contribution >= 4 is 29.7 Å². The molecule has 2 fully saturated rings. The summed E-state index contributed by atoms with van der Waals surface area (Å²) in [5, 5.41) is 7.46. The Kier molecular flexibility index (Phi) is 6.05. The summed E-state index contributed by atoms with van der Waals surface area (Å²) in [4.78, 5) is 27.7. The van der Waals surface area contributed by atoms with Crippen LogP contribution in [-0.4, -0.2) is 46.1 Å². The Balaban J connectivity index is 1.28. The quantitative estimate of drug-likeness (QED) is 0.692. The zero-order valence-electron chi connectivity index (χ0n) is 16.3. The molecule has 0 aliphatic carbocycles. The van der Waals surface area contributed by atoms with Crippen LogP contribution in [0.25, 0.3) is 0 Å². The van der Waals surface area contributed by atoms with Crippen LogP contribution in [-0.2, 0) is 22.8 Å². The molecule has 0 saturated carbocycles. The third-order valence-corrected chi connectivity index (χ3v) is 5.92. The molecule has 8 nitrogen and oxygen atoms in total. The number of aromatic nitrogens is 2. The normalized spacial score (nSPS) is 22.1. The average Bonchev–Trinajstić information content (AvgIpc) is 3.28. The van der Waals surface area contributed by atoms with Crippen LogP contribution < -0.4 is 10.2 Å². The molecule has 4 rings (SSSR count). The molecular formula is C20H26N5O3S+. The van der Waals surface area contributed by atoms with Crippen LogP contribution in [0.3, 0.4) is 0 Å². The van der Waals surface area contributed by atoms with E-state index in [0.717, 1.165) is 44.6 Å². The van der Waals surface area contributed by atoms with Crippen molar-refractivity contribution in [3.63, 3.8) is 0 Å². The number of nitrogens with zero attached hydrogens (tertiary/aromatic N) is 3. The Bertz CT molecular complexity index is 918. The number of likely N-dealkylation sites (tertiary alicyclic amines) is 2. The van der Waals surface area contributed by atoms with Crippen molar-refractivity contribution in [1.29, 1.82) is 0 Å². The summed E-state index contributed by atoms with van der Waals surface area (Å²) in [6, 6.07) is 9.56. The molecule has 0 radical (unpaired) electrons. The molecule has 2 aliphatic rings. The van der Waals surface area contributed by atoms with Gasteiger partial charge in [-0.1, -0.05) is 18.2 Å². The zero-order chi connectivity index (χ0) is 20.2. The van der Waals surface area contributed by atoms with Crippen molar-refractivity contribution in [1.82, 2.24) is 14.7 Å². The molecule has 29 heavy (non-hydrogen) atoms. The largest absolute Gasteiger partial charge is 0.412 e. The maximum absolute atomic E-state index is 12.5. The molecule has 2 saturated heterocycles. The van der Waals surface area contributed by atoms with Crippen molar-refractivity contribution in [2.45, 2.75) is 38.9 Å². The molecule has 2 N–H and O–H groups in total. The first kappa shape index (κ1) is 19.8. The van der Waals surface area contributed by atoms with Gasteiger partial charge in [0.1, 0.15) is 0 Å². The predicted molar refractivity (Wildman–Crippen MR) is 108 cm³/mol. The van der Waals surface area contributed by atoms with E-state index in [4.69, 9.17) is 16.6 Å². The fraction of sp³-hybridized carbons (Fsp3) is 0.500. The second-order valence-corrected chi connectivity index (χ2v) is 8.07. The third kappa shape index (κ3) is 4.91. The van der Waals surface area contributed by atoms with Gasteiger partial charge in [-0.15, -0.1) is 5.10 Å². The number of hydrogen-bond acceptors (Lipinski definition) is 5. The first-order valence-corrected chi connectivity index (χ1v) is 10.5. The van der Waals surface area contributed by atoms with Crippen molar-refractivity contribution in [2.24, 2.45) is 5.92 Å². The van der Waals surface area contributed by atoms with Crippen LogP contribution in [0.2, 0.25) is 0 Å². The molecule has 2 aliphatic heterocycles. The number of nitrogens with one attached hydrogen (secondary N) is 2. The van der Waals surface area contributed by atoms with E-state index in [0.29, 0.717) is 30.4 Å². The minimum atomic E-state index is 0.0287. The standard InChI is InChI=1S/C20H25N5O3S/c26-18-7-4-10-24(18)13-17-22-25(20(29)28-17)14-23-11-8-15(9-12-23)19(27)21-16-5-2-1-3-6-16/h1-3,5-6,15H,4,7-14H2,(H,21,27)/p+1. The van der Waals surface area contributed by atoms with Crippen molar-refractivity contribution in [2.75, 3.05) is 25.0 Å². The van der Waals surface area contributed by atoms with Gasteiger partial charge >= 0.3 is 0 Å².